The summed E-state index contributed by atoms with van der Waals surface area (Å²) in [7, 11) is 1.84. The first-order valence-corrected chi connectivity index (χ1v) is 10.2. The maximum absolute atomic E-state index is 13.6. The minimum Gasteiger partial charge on any atom is -0.386 e. The Labute approximate surface area is 177 Å². The molecule has 0 fully saturated rings. The van der Waals surface area contributed by atoms with E-state index in [1.807, 2.05) is 92.0 Å². The Bertz CT molecular complexity index is 1160. The monoisotopic (exact) mass is 395 g/mol. The van der Waals surface area contributed by atoms with Crippen LogP contribution in [0.1, 0.15) is 35.3 Å². The van der Waals surface area contributed by atoms with Crippen molar-refractivity contribution in [3.63, 3.8) is 0 Å². The maximum atomic E-state index is 13.6. The Morgan fingerprint density at radius 2 is 1.53 bits per heavy atom. The third-order valence-corrected chi connectivity index (χ3v) is 5.33. The predicted molar refractivity (Wildman–Crippen MR) is 124 cm³/mol. The zero-order valence-corrected chi connectivity index (χ0v) is 17.2. The third-order valence-electron chi connectivity index (χ3n) is 5.33. The molecule has 0 aliphatic carbocycles. The molecule has 1 aromatic heterocycles. The van der Waals surface area contributed by atoms with Crippen molar-refractivity contribution in [2.75, 3.05) is 12.4 Å². The van der Waals surface area contributed by atoms with Crippen LogP contribution in [0, 0.1) is 0 Å². The summed E-state index contributed by atoms with van der Waals surface area (Å²) in [6, 6.07) is 27.8. The number of nitrogens with one attached hydrogen (secondary N) is 2. The zero-order valence-electron chi connectivity index (χ0n) is 17.2. The summed E-state index contributed by atoms with van der Waals surface area (Å²) in [4.78, 5) is 18.5. The molecule has 0 aliphatic heterocycles. The van der Waals surface area contributed by atoms with Crippen LogP contribution in [0.25, 0.3) is 22.2 Å². The molecule has 4 nitrogen and oxygen atoms in total. The number of aromatic nitrogens is 1. The lowest BCUT2D eigenvalue weighted by molar-refractivity contribution is 0.0938. The molecule has 4 heteroatoms. The van der Waals surface area contributed by atoms with Gasteiger partial charge < -0.3 is 10.6 Å². The van der Waals surface area contributed by atoms with Gasteiger partial charge in [0.2, 0.25) is 0 Å². The van der Waals surface area contributed by atoms with Crippen molar-refractivity contribution >= 4 is 22.5 Å². The van der Waals surface area contributed by atoms with Crippen molar-refractivity contribution in [1.29, 1.82) is 0 Å². The molecule has 30 heavy (non-hydrogen) atoms. The van der Waals surface area contributed by atoms with Gasteiger partial charge in [-0.15, -0.1) is 0 Å². The molecule has 1 amide bonds. The number of para-hydroxylation sites is 1. The normalized spacial score (nSPS) is 11.8. The summed E-state index contributed by atoms with van der Waals surface area (Å²) in [5, 5.41) is 7.32. The second kappa shape index (κ2) is 8.78. The highest BCUT2D eigenvalue weighted by atomic mass is 16.1. The SMILES string of the molecule is CCC(NC(=O)c1c(NC)c(-c2ccccc2)nc2ccccc12)c1ccccc1. The Morgan fingerprint density at radius 1 is 0.900 bits per heavy atom. The fourth-order valence-corrected chi connectivity index (χ4v) is 3.83. The van der Waals surface area contributed by atoms with Gasteiger partial charge in [-0.2, -0.15) is 0 Å². The Kier molecular flexibility index (Phi) is 5.75. The lowest BCUT2D eigenvalue weighted by atomic mass is 9.99. The summed E-state index contributed by atoms with van der Waals surface area (Å²) < 4.78 is 0. The molecule has 0 saturated carbocycles. The summed E-state index contributed by atoms with van der Waals surface area (Å²) >= 11 is 0. The van der Waals surface area contributed by atoms with Gasteiger partial charge in [0.25, 0.3) is 5.91 Å². The van der Waals surface area contributed by atoms with Crippen molar-refractivity contribution in [1.82, 2.24) is 10.3 Å². The summed E-state index contributed by atoms with van der Waals surface area (Å²) in [6.07, 6.45) is 0.805. The topological polar surface area (TPSA) is 54.0 Å². The van der Waals surface area contributed by atoms with E-state index in [4.69, 9.17) is 4.98 Å². The zero-order chi connectivity index (χ0) is 20.9. The number of carbonyl (C=O) groups is 1. The number of carbonyl (C=O) groups excluding carboxylic acids is 1. The van der Waals surface area contributed by atoms with Gasteiger partial charge >= 0.3 is 0 Å². The average molecular weight is 396 g/mol. The lowest BCUT2D eigenvalue weighted by Gasteiger charge is -2.21. The third kappa shape index (κ3) is 3.77. The van der Waals surface area contributed by atoms with Gasteiger partial charge in [0.15, 0.2) is 0 Å². The molecule has 0 aliphatic rings. The molecule has 0 bridgehead atoms. The van der Waals surface area contributed by atoms with Gasteiger partial charge in [-0.25, -0.2) is 4.98 Å². The largest absolute Gasteiger partial charge is 0.386 e. The molecule has 1 unspecified atom stereocenters. The van der Waals surface area contributed by atoms with Crippen LogP contribution in [0.4, 0.5) is 5.69 Å². The molecule has 0 spiro atoms. The van der Waals surface area contributed by atoms with E-state index in [2.05, 4.69) is 17.6 Å². The Morgan fingerprint density at radius 3 is 2.20 bits per heavy atom. The molecule has 0 saturated heterocycles. The molecule has 150 valence electrons. The summed E-state index contributed by atoms with van der Waals surface area (Å²) in [5.41, 5.74) is 5.00. The molecule has 1 atom stereocenters. The number of hydrogen-bond acceptors (Lipinski definition) is 3. The number of fused-ring (bicyclic) bond motifs is 1. The molecule has 4 rings (SSSR count). The van der Waals surface area contributed by atoms with Crippen LogP contribution in [0.15, 0.2) is 84.9 Å². The van der Waals surface area contributed by atoms with Crippen molar-refractivity contribution < 1.29 is 4.79 Å². The highest BCUT2D eigenvalue weighted by molar-refractivity contribution is 6.13. The fraction of sp³-hybridized carbons (Fsp3) is 0.154. The Balaban J connectivity index is 1.85. The fourth-order valence-electron chi connectivity index (χ4n) is 3.83. The number of amides is 1. The number of nitrogens with zero attached hydrogens (tertiary/aromatic N) is 1. The lowest BCUT2D eigenvalue weighted by Crippen LogP contribution is -2.29. The number of anilines is 1. The van der Waals surface area contributed by atoms with Crippen LogP contribution in [0.2, 0.25) is 0 Å². The summed E-state index contributed by atoms with van der Waals surface area (Å²) in [6.45, 7) is 2.08. The van der Waals surface area contributed by atoms with Crippen molar-refractivity contribution in [2.45, 2.75) is 19.4 Å². The molecule has 3 aromatic carbocycles. The van der Waals surface area contributed by atoms with Gasteiger partial charge in [-0.3, -0.25) is 4.79 Å². The number of rotatable bonds is 6. The van der Waals surface area contributed by atoms with Crippen molar-refractivity contribution in [2.24, 2.45) is 0 Å². The number of pyridine rings is 1. The first-order chi connectivity index (χ1) is 14.7. The molecular weight excluding hydrogens is 370 g/mol. The molecule has 2 N–H and O–H groups in total. The molecule has 1 heterocycles. The second-order valence-electron chi connectivity index (χ2n) is 7.19. The van der Waals surface area contributed by atoms with E-state index in [0.29, 0.717) is 5.56 Å². The van der Waals surface area contributed by atoms with E-state index in [1.165, 1.54) is 0 Å². The van der Waals surface area contributed by atoms with E-state index >= 15 is 0 Å². The Hall–Kier alpha value is -3.66. The van der Waals surface area contributed by atoms with Crippen LogP contribution in [0.3, 0.4) is 0 Å². The molecular formula is C26H25N3O. The van der Waals surface area contributed by atoms with E-state index in [0.717, 1.165) is 39.8 Å². The number of hydrogen-bond donors (Lipinski definition) is 2. The first kappa shape index (κ1) is 19.6. The van der Waals surface area contributed by atoms with Crippen LogP contribution in [-0.2, 0) is 0 Å². The standard InChI is InChI=1S/C26H25N3O/c1-3-21(18-12-6-4-7-13-18)29-26(30)23-20-16-10-11-17-22(20)28-24(25(23)27-2)19-14-8-5-9-15-19/h4-17,21,27H,3H2,1-2H3,(H,29,30). The smallest absolute Gasteiger partial charge is 0.254 e. The van der Waals surface area contributed by atoms with Crippen LogP contribution < -0.4 is 10.6 Å². The molecule has 4 aromatic rings. The average Bonchev–Trinajstić information content (AvgIpc) is 2.82. The van der Waals surface area contributed by atoms with Gasteiger partial charge in [-0.05, 0) is 18.1 Å². The van der Waals surface area contributed by atoms with E-state index in [-0.39, 0.29) is 11.9 Å². The highest BCUT2D eigenvalue weighted by Crippen LogP contribution is 2.34. The first-order valence-electron chi connectivity index (χ1n) is 10.2. The minimum atomic E-state index is -0.106. The number of benzene rings is 3. The van der Waals surface area contributed by atoms with Gasteiger partial charge in [0.05, 0.1) is 28.5 Å². The van der Waals surface area contributed by atoms with Crippen molar-refractivity contribution in [3.05, 3.63) is 96.1 Å². The van der Waals surface area contributed by atoms with E-state index in [9.17, 15) is 4.79 Å². The summed E-state index contributed by atoms with van der Waals surface area (Å²) in [5.74, 6) is -0.106. The maximum Gasteiger partial charge on any atom is 0.254 e. The van der Waals surface area contributed by atoms with Crippen molar-refractivity contribution in [3.8, 4) is 11.3 Å². The van der Waals surface area contributed by atoms with Crippen LogP contribution in [0.5, 0.6) is 0 Å². The van der Waals surface area contributed by atoms with Gasteiger partial charge in [0, 0.05) is 18.0 Å². The minimum absolute atomic E-state index is 0.0597. The highest BCUT2D eigenvalue weighted by Gasteiger charge is 2.23. The van der Waals surface area contributed by atoms with Crippen LogP contribution in [-0.4, -0.2) is 17.9 Å². The van der Waals surface area contributed by atoms with Crippen LogP contribution >= 0.6 is 0 Å². The second-order valence-corrected chi connectivity index (χ2v) is 7.19. The van der Waals surface area contributed by atoms with E-state index < -0.39 is 0 Å². The quantitative estimate of drug-likeness (QED) is 0.432. The van der Waals surface area contributed by atoms with Gasteiger partial charge in [0.1, 0.15) is 0 Å². The van der Waals surface area contributed by atoms with E-state index in [1.54, 1.807) is 0 Å². The predicted octanol–water partition coefficient (Wildman–Crippen LogP) is 5.82. The molecule has 0 radical (unpaired) electrons. The van der Waals surface area contributed by atoms with Gasteiger partial charge in [-0.1, -0.05) is 85.8 Å².